The quantitative estimate of drug-likeness (QED) is 0.746. The third kappa shape index (κ3) is 2.86. The summed E-state index contributed by atoms with van der Waals surface area (Å²) in [4.78, 5) is 2.30. The molecular weight excluding hydrogens is 260 g/mol. The molecule has 0 bridgehead atoms. The Morgan fingerprint density at radius 1 is 1.20 bits per heavy atom. The van der Waals surface area contributed by atoms with Gasteiger partial charge in [-0.25, -0.2) is 0 Å². The van der Waals surface area contributed by atoms with Gasteiger partial charge in [-0.3, -0.25) is 0 Å². The number of hydrogen-bond acceptors (Lipinski definition) is 6. The number of fused-ring (bicyclic) bond motifs is 1. The fraction of sp³-hybridized carbons (Fsp3) is 1.00. The molecule has 0 unspecified atom stereocenters. The van der Waals surface area contributed by atoms with Crippen molar-refractivity contribution in [1.29, 1.82) is 0 Å². The van der Waals surface area contributed by atoms with Gasteiger partial charge in [-0.2, -0.15) is 0 Å². The SMILES string of the molecule is CC1(N)CCN(C[C@H]2O[C@@H]3OC(C)(C)O[C@@H]3[C@@H]2O)CC1. The summed E-state index contributed by atoms with van der Waals surface area (Å²) in [5.74, 6) is -0.673. The van der Waals surface area contributed by atoms with Crippen molar-refractivity contribution in [1.82, 2.24) is 4.90 Å². The van der Waals surface area contributed by atoms with E-state index in [2.05, 4.69) is 11.8 Å². The zero-order valence-corrected chi connectivity index (χ0v) is 12.5. The molecule has 0 aromatic heterocycles. The number of aliphatic hydroxyl groups is 1. The summed E-state index contributed by atoms with van der Waals surface area (Å²) in [5.41, 5.74) is 6.08. The van der Waals surface area contributed by atoms with Gasteiger partial charge in [-0.1, -0.05) is 0 Å². The van der Waals surface area contributed by atoms with Gasteiger partial charge in [0, 0.05) is 12.1 Å². The lowest BCUT2D eigenvalue weighted by atomic mass is 9.91. The largest absolute Gasteiger partial charge is 0.387 e. The maximum absolute atomic E-state index is 10.3. The topological polar surface area (TPSA) is 77.2 Å². The molecule has 3 aliphatic rings. The second kappa shape index (κ2) is 4.90. The predicted octanol–water partition coefficient (Wildman–Crippen LogP) is 0.0369. The summed E-state index contributed by atoms with van der Waals surface area (Å²) >= 11 is 0. The smallest absolute Gasteiger partial charge is 0.190 e. The van der Waals surface area contributed by atoms with Gasteiger partial charge in [0.2, 0.25) is 0 Å². The molecule has 4 atom stereocenters. The van der Waals surface area contributed by atoms with E-state index in [4.69, 9.17) is 19.9 Å². The molecule has 0 spiro atoms. The minimum Gasteiger partial charge on any atom is -0.387 e. The minimum atomic E-state index is -0.673. The van der Waals surface area contributed by atoms with E-state index in [0.29, 0.717) is 6.54 Å². The average molecular weight is 286 g/mol. The molecular formula is C14H26N2O4. The first-order valence-corrected chi connectivity index (χ1v) is 7.46. The van der Waals surface area contributed by atoms with Crippen molar-refractivity contribution in [2.45, 2.75) is 69.5 Å². The highest BCUT2D eigenvalue weighted by atomic mass is 16.8. The van der Waals surface area contributed by atoms with Crippen LogP contribution in [0.15, 0.2) is 0 Å². The predicted molar refractivity (Wildman–Crippen MR) is 73.0 cm³/mol. The summed E-state index contributed by atoms with van der Waals surface area (Å²) in [6.45, 7) is 8.37. The van der Waals surface area contributed by atoms with E-state index in [1.54, 1.807) is 0 Å². The molecule has 3 heterocycles. The second-order valence-corrected chi connectivity index (χ2v) is 7.09. The van der Waals surface area contributed by atoms with Crippen LogP contribution in [-0.4, -0.2) is 65.6 Å². The number of piperidine rings is 1. The maximum Gasteiger partial charge on any atom is 0.190 e. The van der Waals surface area contributed by atoms with Crippen molar-refractivity contribution in [2.75, 3.05) is 19.6 Å². The molecule has 0 amide bonds. The molecule has 3 aliphatic heterocycles. The zero-order valence-electron chi connectivity index (χ0n) is 12.5. The van der Waals surface area contributed by atoms with Crippen LogP contribution in [-0.2, 0) is 14.2 Å². The van der Waals surface area contributed by atoms with Crippen LogP contribution in [0.2, 0.25) is 0 Å². The van der Waals surface area contributed by atoms with Crippen molar-refractivity contribution in [3.05, 3.63) is 0 Å². The van der Waals surface area contributed by atoms with Crippen LogP contribution in [0.5, 0.6) is 0 Å². The Balaban J connectivity index is 1.54. The summed E-state index contributed by atoms with van der Waals surface area (Å²) in [5, 5.41) is 10.3. The summed E-state index contributed by atoms with van der Waals surface area (Å²) in [6, 6.07) is 0. The van der Waals surface area contributed by atoms with Crippen LogP contribution in [0.3, 0.4) is 0 Å². The van der Waals surface area contributed by atoms with Gasteiger partial charge < -0.3 is 30.0 Å². The highest BCUT2D eigenvalue weighted by Crippen LogP contribution is 2.37. The van der Waals surface area contributed by atoms with Gasteiger partial charge in [-0.15, -0.1) is 0 Å². The van der Waals surface area contributed by atoms with E-state index in [1.165, 1.54) is 0 Å². The van der Waals surface area contributed by atoms with Crippen LogP contribution in [0.25, 0.3) is 0 Å². The van der Waals surface area contributed by atoms with E-state index >= 15 is 0 Å². The fourth-order valence-corrected chi connectivity index (χ4v) is 3.21. The van der Waals surface area contributed by atoms with Crippen LogP contribution in [0.1, 0.15) is 33.6 Å². The first-order chi connectivity index (χ1) is 9.26. The van der Waals surface area contributed by atoms with Gasteiger partial charge in [0.25, 0.3) is 0 Å². The highest BCUT2D eigenvalue weighted by molar-refractivity contribution is 4.95. The van der Waals surface area contributed by atoms with Gasteiger partial charge in [0.05, 0.1) is 0 Å². The third-order valence-electron chi connectivity index (χ3n) is 4.55. The molecule has 0 aliphatic carbocycles. The maximum atomic E-state index is 10.3. The molecule has 0 aromatic carbocycles. The van der Waals surface area contributed by atoms with E-state index in [1.807, 2.05) is 13.8 Å². The van der Waals surface area contributed by atoms with Gasteiger partial charge >= 0.3 is 0 Å². The Labute approximate surface area is 120 Å². The zero-order chi connectivity index (χ0) is 14.5. The Morgan fingerprint density at radius 3 is 2.45 bits per heavy atom. The van der Waals surface area contributed by atoms with Gasteiger partial charge in [0.15, 0.2) is 12.1 Å². The molecule has 116 valence electrons. The molecule has 0 saturated carbocycles. The van der Waals surface area contributed by atoms with Crippen LogP contribution >= 0.6 is 0 Å². The normalized spacial score (nSPS) is 43.6. The Kier molecular flexibility index (Phi) is 3.60. The number of rotatable bonds is 2. The van der Waals surface area contributed by atoms with Crippen molar-refractivity contribution < 1.29 is 19.3 Å². The Morgan fingerprint density at radius 2 is 1.85 bits per heavy atom. The van der Waals surface area contributed by atoms with E-state index in [9.17, 15) is 5.11 Å². The standard InChI is InChI=1S/C14H26N2O4/c1-13(2)19-11-10(17)9(18-12(11)20-13)8-16-6-4-14(3,15)5-7-16/h9-12,17H,4-8,15H2,1-3H3/t9-,10-,11-,12-/m1/s1. The van der Waals surface area contributed by atoms with Crippen molar-refractivity contribution in [3.63, 3.8) is 0 Å². The Bertz CT molecular complexity index is 364. The summed E-state index contributed by atoms with van der Waals surface area (Å²) in [7, 11) is 0. The third-order valence-corrected chi connectivity index (χ3v) is 4.55. The first kappa shape index (κ1) is 14.7. The number of aliphatic hydroxyl groups excluding tert-OH is 1. The molecule has 0 radical (unpaired) electrons. The van der Waals surface area contributed by atoms with Crippen molar-refractivity contribution >= 4 is 0 Å². The average Bonchev–Trinajstić information content (AvgIpc) is 2.77. The van der Waals surface area contributed by atoms with E-state index in [0.717, 1.165) is 25.9 Å². The lowest BCUT2D eigenvalue weighted by molar-refractivity contribution is -0.216. The molecule has 6 nitrogen and oxygen atoms in total. The van der Waals surface area contributed by atoms with Crippen LogP contribution in [0, 0.1) is 0 Å². The lowest BCUT2D eigenvalue weighted by Crippen LogP contribution is -2.51. The summed E-state index contributed by atoms with van der Waals surface area (Å²) < 4.78 is 17.2. The van der Waals surface area contributed by atoms with Crippen LogP contribution < -0.4 is 5.73 Å². The molecule has 20 heavy (non-hydrogen) atoms. The molecule has 3 saturated heterocycles. The monoisotopic (exact) mass is 286 g/mol. The number of ether oxygens (including phenoxy) is 3. The molecule has 3 fully saturated rings. The van der Waals surface area contributed by atoms with Crippen molar-refractivity contribution in [2.24, 2.45) is 5.73 Å². The van der Waals surface area contributed by atoms with Gasteiger partial charge in [0.1, 0.15) is 18.3 Å². The van der Waals surface area contributed by atoms with E-state index in [-0.39, 0.29) is 17.7 Å². The number of hydrogen-bond donors (Lipinski definition) is 2. The van der Waals surface area contributed by atoms with Crippen LogP contribution in [0.4, 0.5) is 0 Å². The van der Waals surface area contributed by atoms with E-state index < -0.39 is 18.2 Å². The molecule has 6 heteroatoms. The number of nitrogens with zero attached hydrogens (tertiary/aromatic N) is 1. The number of likely N-dealkylation sites (tertiary alicyclic amines) is 1. The minimum absolute atomic E-state index is 0.0571. The molecule has 3 N–H and O–H groups in total. The Hall–Kier alpha value is -0.240. The highest BCUT2D eigenvalue weighted by Gasteiger charge is 2.54. The summed E-state index contributed by atoms with van der Waals surface area (Å²) in [6.07, 6.45) is 0.246. The molecule has 3 rings (SSSR count). The van der Waals surface area contributed by atoms with Gasteiger partial charge in [-0.05, 0) is 46.7 Å². The fourth-order valence-electron chi connectivity index (χ4n) is 3.21. The lowest BCUT2D eigenvalue weighted by Gasteiger charge is -2.38. The molecule has 0 aromatic rings. The van der Waals surface area contributed by atoms with Crippen molar-refractivity contribution in [3.8, 4) is 0 Å². The number of nitrogens with two attached hydrogens (primary N) is 1. The second-order valence-electron chi connectivity index (χ2n) is 7.09. The first-order valence-electron chi connectivity index (χ1n) is 7.46.